The molecule has 1 aromatic heterocycles. The van der Waals surface area contributed by atoms with Gasteiger partial charge in [-0.3, -0.25) is 4.79 Å². The third-order valence-corrected chi connectivity index (χ3v) is 5.20. The maximum Gasteiger partial charge on any atom is 0.261 e. The lowest BCUT2D eigenvalue weighted by molar-refractivity contribution is 0.0956. The third kappa shape index (κ3) is 2.94. The van der Waals surface area contributed by atoms with Crippen LogP contribution in [-0.4, -0.2) is 12.5 Å². The minimum absolute atomic E-state index is 0.152. The summed E-state index contributed by atoms with van der Waals surface area (Å²) >= 11 is 1.73. The standard InChI is InChI=1S/C15H21NOS/c17-15(16-10-11-7-8-11)14-9-12-5-3-1-2-4-6-13(12)18-14/h9,11H,1-8,10H2,(H,16,17). The summed E-state index contributed by atoms with van der Waals surface area (Å²) in [7, 11) is 0. The highest BCUT2D eigenvalue weighted by Crippen LogP contribution is 2.30. The Bertz CT molecular complexity index is 408. The normalized spacial score (nSPS) is 19.8. The van der Waals surface area contributed by atoms with E-state index in [0.29, 0.717) is 0 Å². The van der Waals surface area contributed by atoms with E-state index in [1.54, 1.807) is 11.3 Å². The van der Waals surface area contributed by atoms with Crippen LogP contribution < -0.4 is 5.32 Å². The van der Waals surface area contributed by atoms with Crippen molar-refractivity contribution in [3.8, 4) is 0 Å². The number of carbonyl (C=O) groups is 1. The molecule has 3 rings (SSSR count). The van der Waals surface area contributed by atoms with E-state index in [9.17, 15) is 4.79 Å². The Morgan fingerprint density at radius 1 is 1.22 bits per heavy atom. The fourth-order valence-electron chi connectivity index (χ4n) is 2.60. The number of carbonyl (C=O) groups excluding carboxylic acids is 1. The van der Waals surface area contributed by atoms with Crippen molar-refractivity contribution in [2.45, 2.75) is 51.4 Å². The number of thiophene rings is 1. The molecule has 2 aliphatic rings. The van der Waals surface area contributed by atoms with E-state index in [4.69, 9.17) is 0 Å². The van der Waals surface area contributed by atoms with Crippen molar-refractivity contribution in [2.24, 2.45) is 5.92 Å². The van der Waals surface area contributed by atoms with Gasteiger partial charge in [0.05, 0.1) is 4.88 Å². The Kier molecular flexibility index (Phi) is 3.69. The SMILES string of the molecule is O=C(NCC1CC1)c1cc2c(s1)CCCCCC2. The summed E-state index contributed by atoms with van der Waals surface area (Å²) < 4.78 is 0. The van der Waals surface area contributed by atoms with Gasteiger partial charge in [-0.2, -0.15) is 0 Å². The highest BCUT2D eigenvalue weighted by Gasteiger charge is 2.22. The number of amides is 1. The predicted octanol–water partition coefficient (Wildman–Crippen LogP) is 3.55. The van der Waals surface area contributed by atoms with E-state index < -0.39 is 0 Å². The van der Waals surface area contributed by atoms with Crippen molar-refractivity contribution in [3.05, 3.63) is 21.4 Å². The number of rotatable bonds is 3. The summed E-state index contributed by atoms with van der Waals surface area (Å²) in [6, 6.07) is 2.15. The second-order valence-corrected chi connectivity index (χ2v) is 6.76. The van der Waals surface area contributed by atoms with Crippen LogP contribution in [0.4, 0.5) is 0 Å². The lowest BCUT2D eigenvalue weighted by atomic mass is 10.00. The average molecular weight is 263 g/mol. The van der Waals surface area contributed by atoms with Gasteiger partial charge in [-0.1, -0.05) is 12.8 Å². The van der Waals surface area contributed by atoms with E-state index in [1.807, 2.05) is 0 Å². The number of aryl methyl sites for hydroxylation is 2. The van der Waals surface area contributed by atoms with E-state index in [1.165, 1.54) is 61.8 Å². The van der Waals surface area contributed by atoms with Crippen molar-refractivity contribution in [1.82, 2.24) is 5.32 Å². The van der Waals surface area contributed by atoms with Crippen LogP contribution in [0.2, 0.25) is 0 Å². The minimum atomic E-state index is 0.152. The van der Waals surface area contributed by atoms with Crippen LogP contribution >= 0.6 is 11.3 Å². The molecule has 0 spiro atoms. The minimum Gasteiger partial charge on any atom is -0.351 e. The molecular weight excluding hydrogens is 242 g/mol. The number of hydrogen-bond donors (Lipinski definition) is 1. The van der Waals surface area contributed by atoms with Gasteiger partial charge in [0.1, 0.15) is 0 Å². The molecule has 18 heavy (non-hydrogen) atoms. The molecule has 0 bridgehead atoms. The fourth-order valence-corrected chi connectivity index (χ4v) is 3.77. The lowest BCUT2D eigenvalue weighted by Gasteiger charge is -2.07. The van der Waals surface area contributed by atoms with Gasteiger partial charge in [0, 0.05) is 11.4 Å². The average Bonchev–Trinajstić information content (AvgIpc) is 3.09. The molecular formula is C15H21NOS. The molecule has 1 amide bonds. The summed E-state index contributed by atoms with van der Waals surface area (Å²) in [5.74, 6) is 0.911. The number of fused-ring (bicyclic) bond motifs is 1. The molecule has 2 nitrogen and oxygen atoms in total. The first kappa shape index (κ1) is 12.2. The molecule has 1 N–H and O–H groups in total. The highest BCUT2D eigenvalue weighted by atomic mass is 32.1. The molecule has 0 atom stereocenters. The van der Waals surface area contributed by atoms with Crippen LogP contribution in [0.5, 0.6) is 0 Å². The van der Waals surface area contributed by atoms with Gasteiger partial charge in [-0.15, -0.1) is 11.3 Å². The molecule has 98 valence electrons. The first-order valence-electron chi connectivity index (χ1n) is 7.23. The molecule has 0 aliphatic heterocycles. The summed E-state index contributed by atoms with van der Waals surface area (Å²) in [5, 5.41) is 3.07. The smallest absolute Gasteiger partial charge is 0.261 e. The van der Waals surface area contributed by atoms with Crippen LogP contribution in [0.15, 0.2) is 6.07 Å². The van der Waals surface area contributed by atoms with Gasteiger partial charge in [0.2, 0.25) is 0 Å². The van der Waals surface area contributed by atoms with Crippen LogP contribution in [0.25, 0.3) is 0 Å². The van der Waals surface area contributed by atoms with E-state index in [0.717, 1.165) is 17.3 Å². The summed E-state index contributed by atoms with van der Waals surface area (Å²) in [6.07, 6.45) is 10.2. The Labute approximate surface area is 113 Å². The lowest BCUT2D eigenvalue weighted by Crippen LogP contribution is -2.24. The van der Waals surface area contributed by atoms with Gasteiger partial charge in [0.25, 0.3) is 5.91 Å². The van der Waals surface area contributed by atoms with Crippen LogP contribution in [-0.2, 0) is 12.8 Å². The van der Waals surface area contributed by atoms with Crippen LogP contribution in [0.3, 0.4) is 0 Å². The monoisotopic (exact) mass is 263 g/mol. The third-order valence-electron chi connectivity index (χ3n) is 3.97. The van der Waals surface area contributed by atoms with E-state index >= 15 is 0 Å². The topological polar surface area (TPSA) is 29.1 Å². The molecule has 0 radical (unpaired) electrons. The fraction of sp³-hybridized carbons (Fsp3) is 0.667. The van der Waals surface area contributed by atoms with Gasteiger partial charge >= 0.3 is 0 Å². The van der Waals surface area contributed by atoms with Gasteiger partial charge in [-0.05, 0) is 56.1 Å². The largest absolute Gasteiger partial charge is 0.351 e. The van der Waals surface area contributed by atoms with E-state index in [-0.39, 0.29) is 5.91 Å². The van der Waals surface area contributed by atoms with Gasteiger partial charge in [0.15, 0.2) is 0 Å². The Morgan fingerprint density at radius 3 is 2.78 bits per heavy atom. The zero-order valence-electron chi connectivity index (χ0n) is 10.8. The van der Waals surface area contributed by atoms with E-state index in [2.05, 4.69) is 11.4 Å². The second-order valence-electron chi connectivity index (χ2n) is 5.63. The molecule has 3 heteroatoms. The Hall–Kier alpha value is -0.830. The number of hydrogen-bond acceptors (Lipinski definition) is 2. The van der Waals surface area contributed by atoms with Crippen molar-refractivity contribution >= 4 is 17.2 Å². The Balaban J connectivity index is 1.67. The first-order valence-corrected chi connectivity index (χ1v) is 8.04. The van der Waals surface area contributed by atoms with Crippen molar-refractivity contribution in [2.75, 3.05) is 6.54 Å². The molecule has 0 unspecified atom stereocenters. The quantitative estimate of drug-likeness (QED) is 0.888. The molecule has 1 heterocycles. The zero-order valence-corrected chi connectivity index (χ0v) is 11.7. The molecule has 1 fully saturated rings. The molecule has 2 aliphatic carbocycles. The summed E-state index contributed by atoms with van der Waals surface area (Å²) in [5.41, 5.74) is 1.44. The van der Waals surface area contributed by atoms with Gasteiger partial charge in [-0.25, -0.2) is 0 Å². The molecule has 1 saturated carbocycles. The van der Waals surface area contributed by atoms with Crippen molar-refractivity contribution < 1.29 is 4.79 Å². The van der Waals surface area contributed by atoms with Crippen LogP contribution in [0, 0.1) is 5.92 Å². The van der Waals surface area contributed by atoms with Gasteiger partial charge < -0.3 is 5.32 Å². The maximum absolute atomic E-state index is 12.1. The first-order chi connectivity index (χ1) is 8.83. The number of nitrogens with one attached hydrogen (secondary N) is 1. The molecule has 1 aromatic rings. The van der Waals surface area contributed by atoms with Crippen molar-refractivity contribution in [1.29, 1.82) is 0 Å². The van der Waals surface area contributed by atoms with Crippen molar-refractivity contribution in [3.63, 3.8) is 0 Å². The predicted molar refractivity (Wildman–Crippen MR) is 75.3 cm³/mol. The molecule has 0 aromatic carbocycles. The Morgan fingerprint density at radius 2 is 2.00 bits per heavy atom. The zero-order chi connectivity index (χ0) is 12.4. The second kappa shape index (κ2) is 5.43. The maximum atomic E-state index is 12.1. The van der Waals surface area contributed by atoms with Crippen LogP contribution in [0.1, 0.15) is 58.6 Å². The highest BCUT2D eigenvalue weighted by molar-refractivity contribution is 7.14. The molecule has 0 saturated heterocycles. The summed E-state index contributed by atoms with van der Waals surface area (Å²) in [6.45, 7) is 0.876. The summed E-state index contributed by atoms with van der Waals surface area (Å²) in [4.78, 5) is 14.5.